The van der Waals surface area contributed by atoms with Crippen LogP contribution in [0.15, 0.2) is 36.4 Å². The molecule has 1 N–H and O–H groups in total. The number of quaternary nitrogens is 1. The standard InChI is InChI=1S/C23H29N3O2S/c1-6-25(7-2)12-13-26(22(27)18-10-8-9-11-19(18)28-5)23-24-21-17(4)14-16(3)15-20(21)29-23/h8-11,14-15H,6-7,12-13H2,1-5H3/p+1. The van der Waals surface area contributed by atoms with E-state index in [2.05, 4.69) is 39.8 Å². The number of likely N-dealkylation sites (N-methyl/N-ethyl adjacent to an activating group) is 1. The number of hydrogen-bond donors (Lipinski definition) is 1. The monoisotopic (exact) mass is 412 g/mol. The fourth-order valence-electron chi connectivity index (χ4n) is 3.60. The maximum Gasteiger partial charge on any atom is 0.264 e. The van der Waals surface area contributed by atoms with Crippen LogP contribution >= 0.6 is 11.3 Å². The number of para-hydroxylation sites is 1. The number of thiazole rings is 1. The molecule has 0 fully saturated rings. The second kappa shape index (κ2) is 9.37. The number of benzene rings is 2. The Kier molecular flexibility index (Phi) is 6.87. The number of methoxy groups -OCH3 is 1. The van der Waals surface area contributed by atoms with E-state index in [9.17, 15) is 4.79 Å². The van der Waals surface area contributed by atoms with Crippen molar-refractivity contribution in [3.63, 3.8) is 0 Å². The van der Waals surface area contributed by atoms with Crippen molar-refractivity contribution < 1.29 is 14.4 Å². The fraction of sp³-hybridized carbons (Fsp3) is 0.391. The highest BCUT2D eigenvalue weighted by Gasteiger charge is 2.25. The van der Waals surface area contributed by atoms with Gasteiger partial charge in [-0.1, -0.05) is 29.5 Å². The molecule has 0 unspecified atom stereocenters. The Balaban J connectivity index is 2.03. The van der Waals surface area contributed by atoms with E-state index in [4.69, 9.17) is 9.72 Å². The molecule has 2 aromatic carbocycles. The SMILES string of the molecule is CC[NH+](CC)CCN(C(=O)c1ccccc1OC)c1nc2c(C)cc(C)cc2s1. The summed E-state index contributed by atoms with van der Waals surface area (Å²) in [4.78, 5) is 21.7. The van der Waals surface area contributed by atoms with Gasteiger partial charge in [0.15, 0.2) is 5.13 Å². The zero-order chi connectivity index (χ0) is 21.0. The normalized spacial score (nSPS) is 11.2. The second-order valence-electron chi connectivity index (χ2n) is 7.29. The molecular weight excluding hydrogens is 382 g/mol. The van der Waals surface area contributed by atoms with Crippen molar-refractivity contribution in [1.82, 2.24) is 4.98 Å². The average Bonchev–Trinajstić information content (AvgIpc) is 3.14. The van der Waals surface area contributed by atoms with Crippen LogP contribution in [0.25, 0.3) is 10.2 Å². The van der Waals surface area contributed by atoms with Crippen LogP contribution in [0, 0.1) is 13.8 Å². The Morgan fingerprint density at radius 3 is 2.59 bits per heavy atom. The molecule has 0 atom stereocenters. The van der Waals surface area contributed by atoms with Crippen molar-refractivity contribution in [3.05, 3.63) is 53.1 Å². The van der Waals surface area contributed by atoms with Crippen molar-refractivity contribution in [1.29, 1.82) is 0 Å². The molecule has 6 heteroatoms. The number of aryl methyl sites for hydroxylation is 2. The van der Waals surface area contributed by atoms with Crippen molar-refractivity contribution in [2.24, 2.45) is 0 Å². The molecule has 3 rings (SSSR count). The van der Waals surface area contributed by atoms with Crippen molar-refractivity contribution in [2.45, 2.75) is 27.7 Å². The first-order chi connectivity index (χ1) is 14.0. The van der Waals surface area contributed by atoms with Crippen molar-refractivity contribution in [2.75, 3.05) is 38.2 Å². The first-order valence-electron chi connectivity index (χ1n) is 10.1. The van der Waals surface area contributed by atoms with Gasteiger partial charge in [-0.3, -0.25) is 9.69 Å². The van der Waals surface area contributed by atoms with Gasteiger partial charge in [0, 0.05) is 0 Å². The highest BCUT2D eigenvalue weighted by atomic mass is 32.1. The number of hydrogen-bond acceptors (Lipinski definition) is 4. The van der Waals surface area contributed by atoms with Gasteiger partial charge in [0.2, 0.25) is 0 Å². The average molecular weight is 413 g/mol. The molecule has 1 aromatic heterocycles. The van der Waals surface area contributed by atoms with E-state index in [0.29, 0.717) is 17.9 Å². The molecule has 0 radical (unpaired) electrons. The third-order valence-electron chi connectivity index (χ3n) is 5.32. The van der Waals surface area contributed by atoms with Gasteiger partial charge in [0.05, 0.1) is 49.1 Å². The third-order valence-corrected chi connectivity index (χ3v) is 6.35. The van der Waals surface area contributed by atoms with E-state index in [-0.39, 0.29) is 5.91 Å². The van der Waals surface area contributed by atoms with Gasteiger partial charge in [-0.25, -0.2) is 4.98 Å². The lowest BCUT2D eigenvalue weighted by molar-refractivity contribution is -0.894. The molecule has 3 aromatic rings. The fourth-order valence-corrected chi connectivity index (χ4v) is 4.76. The third kappa shape index (κ3) is 4.60. The smallest absolute Gasteiger partial charge is 0.264 e. The highest BCUT2D eigenvalue weighted by Crippen LogP contribution is 2.33. The summed E-state index contributed by atoms with van der Waals surface area (Å²) >= 11 is 1.58. The predicted octanol–water partition coefficient (Wildman–Crippen LogP) is 3.49. The lowest BCUT2D eigenvalue weighted by atomic mass is 10.1. The van der Waals surface area contributed by atoms with Crippen LogP contribution < -0.4 is 14.5 Å². The van der Waals surface area contributed by atoms with Gasteiger partial charge in [-0.05, 0) is 57.0 Å². The predicted molar refractivity (Wildman–Crippen MR) is 121 cm³/mol. The second-order valence-corrected chi connectivity index (χ2v) is 8.30. The summed E-state index contributed by atoms with van der Waals surface area (Å²) < 4.78 is 6.56. The largest absolute Gasteiger partial charge is 0.496 e. The van der Waals surface area contributed by atoms with E-state index in [1.54, 1.807) is 18.4 Å². The van der Waals surface area contributed by atoms with Crippen LogP contribution in [0.4, 0.5) is 5.13 Å². The molecule has 29 heavy (non-hydrogen) atoms. The van der Waals surface area contributed by atoms with E-state index in [1.807, 2.05) is 29.2 Å². The van der Waals surface area contributed by atoms with Crippen molar-refractivity contribution in [3.8, 4) is 5.75 Å². The van der Waals surface area contributed by atoms with Gasteiger partial charge in [0.25, 0.3) is 5.91 Å². The van der Waals surface area contributed by atoms with Gasteiger partial charge >= 0.3 is 0 Å². The Morgan fingerprint density at radius 2 is 1.90 bits per heavy atom. The van der Waals surface area contributed by atoms with Crippen LogP contribution in [-0.4, -0.2) is 44.2 Å². The zero-order valence-electron chi connectivity index (χ0n) is 17.9. The molecule has 0 saturated carbocycles. The minimum atomic E-state index is -0.0672. The van der Waals surface area contributed by atoms with Gasteiger partial charge in [-0.2, -0.15) is 0 Å². The first-order valence-corrected chi connectivity index (χ1v) is 11.0. The molecule has 1 heterocycles. The Labute approximate surface area is 176 Å². The van der Waals surface area contributed by atoms with Crippen LogP contribution in [0.2, 0.25) is 0 Å². The number of nitrogens with zero attached hydrogens (tertiary/aromatic N) is 2. The lowest BCUT2D eigenvalue weighted by Crippen LogP contribution is -3.12. The number of rotatable bonds is 8. The van der Waals surface area contributed by atoms with Crippen molar-refractivity contribution >= 4 is 32.6 Å². The number of fused-ring (bicyclic) bond motifs is 1. The van der Waals surface area contributed by atoms with Crippen LogP contribution in [0.3, 0.4) is 0 Å². The van der Waals surface area contributed by atoms with Crippen LogP contribution in [0.1, 0.15) is 35.3 Å². The number of aromatic nitrogens is 1. The molecule has 0 spiro atoms. The van der Waals surface area contributed by atoms with Crippen LogP contribution in [0.5, 0.6) is 5.75 Å². The number of carbonyl (C=O) groups is 1. The molecule has 5 nitrogen and oxygen atoms in total. The summed E-state index contributed by atoms with van der Waals surface area (Å²) in [5, 5.41) is 0.746. The number of anilines is 1. The molecule has 0 saturated heterocycles. The summed E-state index contributed by atoms with van der Waals surface area (Å²) in [5.74, 6) is 0.522. The van der Waals surface area contributed by atoms with E-state index >= 15 is 0 Å². The molecule has 154 valence electrons. The number of amides is 1. The minimum Gasteiger partial charge on any atom is -0.496 e. The molecule has 1 amide bonds. The van der Waals surface area contributed by atoms with Gasteiger partial charge < -0.3 is 9.64 Å². The Morgan fingerprint density at radius 1 is 1.17 bits per heavy atom. The van der Waals surface area contributed by atoms with E-state index < -0.39 is 0 Å². The number of nitrogens with one attached hydrogen (secondary N) is 1. The molecule has 0 aliphatic rings. The lowest BCUT2D eigenvalue weighted by Gasteiger charge is -2.23. The Hall–Kier alpha value is -2.44. The van der Waals surface area contributed by atoms with Gasteiger partial charge in [0.1, 0.15) is 5.75 Å². The summed E-state index contributed by atoms with van der Waals surface area (Å²) in [5.41, 5.74) is 3.89. The summed E-state index contributed by atoms with van der Waals surface area (Å²) in [6.45, 7) is 12.1. The maximum atomic E-state index is 13.5. The summed E-state index contributed by atoms with van der Waals surface area (Å²) in [6.07, 6.45) is 0. The summed E-state index contributed by atoms with van der Waals surface area (Å²) in [7, 11) is 1.60. The summed E-state index contributed by atoms with van der Waals surface area (Å²) in [6, 6.07) is 11.7. The number of ether oxygens (including phenoxy) is 1. The topological polar surface area (TPSA) is 46.9 Å². The quantitative estimate of drug-likeness (QED) is 0.616. The van der Waals surface area contributed by atoms with E-state index in [0.717, 1.165) is 40.5 Å². The first kappa shape index (κ1) is 21.3. The maximum absolute atomic E-state index is 13.5. The molecule has 0 bridgehead atoms. The molecule has 0 aliphatic carbocycles. The Bertz CT molecular complexity index is 995. The number of carbonyl (C=O) groups excluding carboxylic acids is 1. The molecular formula is C23H30N3O2S+. The van der Waals surface area contributed by atoms with Crippen LogP contribution in [-0.2, 0) is 0 Å². The van der Waals surface area contributed by atoms with E-state index in [1.165, 1.54) is 10.5 Å². The van der Waals surface area contributed by atoms with Gasteiger partial charge in [-0.15, -0.1) is 0 Å². The highest BCUT2D eigenvalue weighted by molar-refractivity contribution is 7.22. The molecule has 0 aliphatic heterocycles. The zero-order valence-corrected chi connectivity index (χ0v) is 18.7. The minimum absolute atomic E-state index is 0.0672.